The van der Waals surface area contributed by atoms with Crippen molar-refractivity contribution in [1.29, 1.82) is 5.41 Å². The molecule has 0 unspecified atom stereocenters. The first-order chi connectivity index (χ1) is 16.1. The molecule has 0 bridgehead atoms. The Balaban J connectivity index is 3.62. The van der Waals surface area contributed by atoms with Crippen molar-refractivity contribution < 1.29 is 0 Å². The van der Waals surface area contributed by atoms with Gasteiger partial charge in [-0.05, 0) is 38.9 Å². The Bertz CT molecular complexity index is 450. The van der Waals surface area contributed by atoms with E-state index in [1.54, 1.807) is 0 Å². The number of hydrogen-bond donors (Lipinski definition) is 5. The number of rotatable bonds is 25. The maximum atomic E-state index is 7.25. The van der Waals surface area contributed by atoms with Crippen LogP contribution in [0.2, 0.25) is 0 Å². The summed E-state index contributed by atoms with van der Waals surface area (Å²) in [6.07, 6.45) is 24.3. The van der Waals surface area contributed by atoms with E-state index < -0.39 is 0 Å². The third-order valence-corrected chi connectivity index (χ3v) is 6.22. The van der Waals surface area contributed by atoms with Gasteiger partial charge in [0, 0.05) is 13.1 Å². The van der Waals surface area contributed by atoms with Crippen molar-refractivity contribution in [3.8, 4) is 0 Å². The Morgan fingerprint density at radius 1 is 0.636 bits per heavy atom. The number of aliphatic imine (C=N–C) groups is 1. The van der Waals surface area contributed by atoms with Gasteiger partial charge in [0.05, 0.1) is 0 Å². The molecule has 0 aliphatic rings. The fourth-order valence-corrected chi connectivity index (χ4v) is 4.25. The van der Waals surface area contributed by atoms with Gasteiger partial charge in [0.15, 0.2) is 11.9 Å². The van der Waals surface area contributed by atoms with Crippen LogP contribution in [0, 0.1) is 5.41 Å². The van der Waals surface area contributed by atoms with E-state index in [-0.39, 0.29) is 11.9 Å². The Hall–Kier alpha value is -1.50. The summed E-state index contributed by atoms with van der Waals surface area (Å²) >= 11 is 0. The second-order valence-corrected chi connectivity index (χ2v) is 9.50. The molecule has 7 nitrogen and oxygen atoms in total. The van der Waals surface area contributed by atoms with E-state index in [1.807, 2.05) is 0 Å². The highest BCUT2D eigenvalue weighted by Gasteiger charge is 2.05. The first-order valence-corrected chi connectivity index (χ1v) is 13.9. The molecule has 0 radical (unpaired) electrons. The molecule has 33 heavy (non-hydrogen) atoms. The monoisotopic (exact) mass is 467 g/mol. The van der Waals surface area contributed by atoms with Gasteiger partial charge < -0.3 is 27.4 Å². The molecule has 0 amide bonds. The second kappa shape index (κ2) is 25.1. The SMILES string of the molecule is CCCCCCCCCCCCCCCCCCN(CCCN=C(N)N)CCCNC(=N)N. The maximum absolute atomic E-state index is 7.25. The molecule has 0 rings (SSSR count). The summed E-state index contributed by atoms with van der Waals surface area (Å²) < 4.78 is 0. The van der Waals surface area contributed by atoms with E-state index >= 15 is 0 Å². The van der Waals surface area contributed by atoms with Crippen LogP contribution in [0.15, 0.2) is 4.99 Å². The number of hydrogen-bond acceptors (Lipinski definition) is 3. The highest BCUT2D eigenvalue weighted by atomic mass is 15.1. The van der Waals surface area contributed by atoms with E-state index in [4.69, 9.17) is 22.6 Å². The summed E-state index contributed by atoms with van der Waals surface area (Å²) in [5, 5.41) is 10.1. The van der Waals surface area contributed by atoms with Crippen molar-refractivity contribution in [3.63, 3.8) is 0 Å². The number of nitrogens with two attached hydrogens (primary N) is 3. The minimum absolute atomic E-state index is 0.0483. The summed E-state index contributed by atoms with van der Waals surface area (Å²) in [4.78, 5) is 6.58. The first kappa shape index (κ1) is 31.5. The van der Waals surface area contributed by atoms with Gasteiger partial charge >= 0.3 is 0 Å². The van der Waals surface area contributed by atoms with Crippen LogP contribution < -0.4 is 22.5 Å². The maximum Gasteiger partial charge on any atom is 0.185 e. The smallest absolute Gasteiger partial charge is 0.185 e. The van der Waals surface area contributed by atoms with Gasteiger partial charge in [0.25, 0.3) is 0 Å². The lowest BCUT2D eigenvalue weighted by molar-refractivity contribution is 0.262. The molecule has 0 aliphatic heterocycles. The zero-order valence-electron chi connectivity index (χ0n) is 21.9. The summed E-state index contributed by atoms with van der Waals surface area (Å²) in [7, 11) is 0. The lowest BCUT2D eigenvalue weighted by atomic mass is 10.0. The third-order valence-electron chi connectivity index (χ3n) is 6.22. The fraction of sp³-hybridized carbons (Fsp3) is 0.923. The minimum atomic E-state index is 0.0483. The topological polar surface area (TPSA) is 130 Å². The summed E-state index contributed by atoms with van der Waals surface area (Å²) in [5.74, 6) is 0.220. The van der Waals surface area contributed by atoms with E-state index in [2.05, 4.69) is 22.1 Å². The highest BCUT2D eigenvalue weighted by Crippen LogP contribution is 2.14. The Kier molecular flexibility index (Phi) is 24.0. The molecular weight excluding hydrogens is 410 g/mol. The number of unbranched alkanes of at least 4 members (excludes halogenated alkanes) is 15. The van der Waals surface area contributed by atoms with E-state index in [0.29, 0.717) is 6.54 Å². The van der Waals surface area contributed by atoms with Crippen LogP contribution in [-0.2, 0) is 0 Å². The van der Waals surface area contributed by atoms with E-state index in [1.165, 1.54) is 103 Å². The predicted molar refractivity (Wildman–Crippen MR) is 146 cm³/mol. The lowest BCUT2D eigenvalue weighted by Gasteiger charge is -2.22. The van der Waals surface area contributed by atoms with Crippen molar-refractivity contribution in [2.24, 2.45) is 22.2 Å². The molecule has 0 aliphatic carbocycles. The van der Waals surface area contributed by atoms with Crippen LogP contribution in [0.25, 0.3) is 0 Å². The van der Waals surface area contributed by atoms with Crippen LogP contribution in [0.5, 0.6) is 0 Å². The Labute approximate surface area is 205 Å². The van der Waals surface area contributed by atoms with Crippen molar-refractivity contribution in [1.82, 2.24) is 10.2 Å². The number of nitrogens with zero attached hydrogens (tertiary/aromatic N) is 2. The first-order valence-electron chi connectivity index (χ1n) is 13.9. The third kappa shape index (κ3) is 26.6. The van der Waals surface area contributed by atoms with Gasteiger partial charge in [-0.2, -0.15) is 0 Å². The summed E-state index contributed by atoms with van der Waals surface area (Å²) in [5.41, 5.74) is 16.2. The van der Waals surface area contributed by atoms with Gasteiger partial charge in [0.2, 0.25) is 0 Å². The van der Waals surface area contributed by atoms with Crippen molar-refractivity contribution in [2.75, 3.05) is 32.7 Å². The molecule has 0 saturated heterocycles. The summed E-state index contributed by atoms with van der Waals surface area (Å²) in [6, 6.07) is 0. The van der Waals surface area contributed by atoms with Gasteiger partial charge in [-0.25, -0.2) is 0 Å². The molecule has 7 heteroatoms. The fourth-order valence-electron chi connectivity index (χ4n) is 4.25. The molecule has 196 valence electrons. The minimum Gasteiger partial charge on any atom is -0.370 e. The standard InChI is InChI=1S/C26H57N7/c1-2-3-4-5-6-7-8-9-10-11-12-13-14-15-16-17-22-33(23-18-20-31-25(27)28)24-19-21-32-26(29)30/h2-24H2,1H3,(H4,27,28,31)(H4,29,30,32). The van der Waals surface area contributed by atoms with Crippen LogP contribution in [0.1, 0.15) is 122 Å². The number of guanidine groups is 2. The lowest BCUT2D eigenvalue weighted by Crippen LogP contribution is -2.34. The van der Waals surface area contributed by atoms with E-state index in [0.717, 1.165) is 39.0 Å². The van der Waals surface area contributed by atoms with Gasteiger partial charge in [-0.3, -0.25) is 10.4 Å². The Morgan fingerprint density at radius 2 is 1.06 bits per heavy atom. The Morgan fingerprint density at radius 3 is 1.52 bits per heavy atom. The molecule has 0 aromatic rings. The van der Waals surface area contributed by atoms with Crippen molar-refractivity contribution >= 4 is 11.9 Å². The van der Waals surface area contributed by atoms with Crippen molar-refractivity contribution in [2.45, 2.75) is 122 Å². The molecule has 0 heterocycles. The molecule has 0 spiro atoms. The molecule has 0 fully saturated rings. The van der Waals surface area contributed by atoms with E-state index in [9.17, 15) is 0 Å². The summed E-state index contributed by atoms with van der Waals surface area (Å²) in [6.45, 7) is 6.87. The van der Waals surface area contributed by atoms with Crippen LogP contribution >= 0.6 is 0 Å². The zero-order valence-corrected chi connectivity index (χ0v) is 21.9. The van der Waals surface area contributed by atoms with Crippen LogP contribution in [-0.4, -0.2) is 49.5 Å². The van der Waals surface area contributed by atoms with Gasteiger partial charge in [-0.1, -0.05) is 103 Å². The highest BCUT2D eigenvalue weighted by molar-refractivity contribution is 5.75. The predicted octanol–water partition coefficient (Wildman–Crippen LogP) is 5.09. The van der Waals surface area contributed by atoms with Crippen LogP contribution in [0.3, 0.4) is 0 Å². The van der Waals surface area contributed by atoms with Crippen LogP contribution in [0.4, 0.5) is 0 Å². The molecule has 8 N–H and O–H groups in total. The van der Waals surface area contributed by atoms with Gasteiger partial charge in [-0.15, -0.1) is 0 Å². The molecule has 0 atom stereocenters. The van der Waals surface area contributed by atoms with Gasteiger partial charge in [0.1, 0.15) is 0 Å². The quantitative estimate of drug-likeness (QED) is 0.0725. The average Bonchev–Trinajstić information content (AvgIpc) is 2.78. The average molecular weight is 468 g/mol. The molecular formula is C26H57N7. The number of nitrogens with one attached hydrogen (secondary N) is 2. The molecule has 0 aromatic carbocycles. The second-order valence-electron chi connectivity index (χ2n) is 9.50. The zero-order chi connectivity index (χ0) is 24.4. The normalized spacial score (nSPS) is 11.1. The molecule has 0 aromatic heterocycles. The van der Waals surface area contributed by atoms with Crippen molar-refractivity contribution in [3.05, 3.63) is 0 Å². The largest absolute Gasteiger partial charge is 0.370 e. The molecule has 0 saturated carbocycles.